The van der Waals surface area contributed by atoms with Gasteiger partial charge in [-0.1, -0.05) is 42.5 Å². The van der Waals surface area contributed by atoms with Crippen LogP contribution >= 0.6 is 0 Å². The Hall–Kier alpha value is -2.09. The molecule has 2 heteroatoms. The van der Waals surface area contributed by atoms with Crippen LogP contribution in [0, 0.1) is 6.92 Å². The molecule has 0 bridgehead atoms. The van der Waals surface area contributed by atoms with Crippen molar-refractivity contribution in [3.05, 3.63) is 72.6 Å². The summed E-state index contributed by atoms with van der Waals surface area (Å²) >= 11 is 0. The van der Waals surface area contributed by atoms with Gasteiger partial charge in [-0.25, -0.2) is 0 Å². The third kappa shape index (κ3) is 4.59. The fraction of sp³-hybridized carbons (Fsp3) is 0.176. The van der Waals surface area contributed by atoms with Gasteiger partial charge in [0.25, 0.3) is 0 Å². The highest BCUT2D eigenvalue weighted by atomic mass is 16.1. The number of hydrogen-bond donors (Lipinski definition) is 1. The molecule has 19 heavy (non-hydrogen) atoms. The van der Waals surface area contributed by atoms with Gasteiger partial charge in [0, 0.05) is 12.1 Å². The number of hydrogen-bond acceptors (Lipinski definition) is 1. The van der Waals surface area contributed by atoms with Crippen molar-refractivity contribution >= 4 is 11.6 Å². The summed E-state index contributed by atoms with van der Waals surface area (Å²) in [5.41, 5.74) is 3.05. The van der Waals surface area contributed by atoms with E-state index in [0.717, 1.165) is 24.1 Å². The van der Waals surface area contributed by atoms with E-state index in [1.54, 1.807) is 0 Å². The van der Waals surface area contributed by atoms with Crippen molar-refractivity contribution in [2.24, 2.45) is 0 Å². The molecule has 2 aromatic carbocycles. The van der Waals surface area contributed by atoms with Crippen molar-refractivity contribution in [2.75, 3.05) is 5.32 Å². The first-order valence-electron chi connectivity index (χ1n) is 6.50. The van der Waals surface area contributed by atoms with Crippen LogP contribution in [0.3, 0.4) is 0 Å². The standard InChI is InChI=1S/C17H18NO/c1-14-10-12-16(13-11-14)18-17(19)9-5-8-15-6-3-2-4-7-15/h2-4,6-7,10-13H,1,5,8-9H2,(H,18,19). The minimum Gasteiger partial charge on any atom is -0.326 e. The Morgan fingerprint density at radius 3 is 2.37 bits per heavy atom. The maximum absolute atomic E-state index is 11.8. The maximum atomic E-state index is 11.8. The van der Waals surface area contributed by atoms with E-state index < -0.39 is 0 Å². The Balaban J connectivity index is 1.74. The number of carbonyl (C=O) groups excluding carboxylic acids is 1. The number of benzene rings is 2. The zero-order chi connectivity index (χ0) is 13.5. The van der Waals surface area contributed by atoms with Crippen molar-refractivity contribution in [3.63, 3.8) is 0 Å². The Morgan fingerprint density at radius 2 is 1.68 bits per heavy atom. The van der Waals surface area contributed by atoms with E-state index in [1.807, 2.05) is 42.5 Å². The number of amides is 1. The Bertz CT molecular complexity index is 517. The molecule has 0 fully saturated rings. The zero-order valence-electron chi connectivity index (χ0n) is 10.9. The van der Waals surface area contributed by atoms with Crippen LogP contribution in [0.1, 0.15) is 24.0 Å². The lowest BCUT2D eigenvalue weighted by Gasteiger charge is -2.05. The molecule has 0 atom stereocenters. The number of anilines is 1. The van der Waals surface area contributed by atoms with Gasteiger partial charge >= 0.3 is 0 Å². The molecule has 1 N–H and O–H groups in total. The molecule has 97 valence electrons. The first kappa shape index (κ1) is 13.3. The summed E-state index contributed by atoms with van der Waals surface area (Å²) in [6, 6.07) is 17.7. The third-order valence-electron chi connectivity index (χ3n) is 2.95. The second-order valence-corrected chi connectivity index (χ2v) is 4.58. The molecule has 0 aliphatic carbocycles. The summed E-state index contributed by atoms with van der Waals surface area (Å²) < 4.78 is 0. The molecule has 1 amide bonds. The highest BCUT2D eigenvalue weighted by Gasteiger charge is 2.02. The van der Waals surface area contributed by atoms with Crippen molar-refractivity contribution < 1.29 is 4.79 Å². The number of rotatable bonds is 5. The fourth-order valence-corrected chi connectivity index (χ4v) is 1.91. The molecule has 0 aromatic heterocycles. The van der Waals surface area contributed by atoms with Crippen LogP contribution in [0.15, 0.2) is 54.6 Å². The second kappa shape index (κ2) is 6.74. The Labute approximate surface area is 114 Å². The number of carbonyl (C=O) groups is 1. The molecule has 2 nitrogen and oxygen atoms in total. The van der Waals surface area contributed by atoms with Crippen LogP contribution in [0.5, 0.6) is 0 Å². The van der Waals surface area contributed by atoms with Gasteiger partial charge in [0.1, 0.15) is 0 Å². The smallest absolute Gasteiger partial charge is 0.224 e. The quantitative estimate of drug-likeness (QED) is 0.861. The van der Waals surface area contributed by atoms with Crippen LogP contribution in [-0.4, -0.2) is 5.91 Å². The van der Waals surface area contributed by atoms with Crippen LogP contribution in [-0.2, 0) is 11.2 Å². The largest absolute Gasteiger partial charge is 0.326 e. The molecule has 2 rings (SSSR count). The first-order chi connectivity index (χ1) is 9.24. The van der Waals surface area contributed by atoms with Crippen LogP contribution < -0.4 is 5.32 Å². The normalized spacial score (nSPS) is 10.2. The SMILES string of the molecule is [CH2]c1ccc(NC(=O)CCCc2ccccc2)cc1. The molecule has 0 unspecified atom stereocenters. The van der Waals surface area contributed by atoms with Gasteiger partial charge in [-0.2, -0.15) is 0 Å². The summed E-state index contributed by atoms with van der Waals surface area (Å²) in [5, 5.41) is 2.89. The number of aryl methyl sites for hydroxylation is 1. The molecule has 0 spiro atoms. The monoisotopic (exact) mass is 252 g/mol. The molecule has 1 radical (unpaired) electrons. The molecule has 2 aromatic rings. The summed E-state index contributed by atoms with van der Waals surface area (Å²) in [7, 11) is 0. The van der Waals surface area contributed by atoms with Crippen molar-refractivity contribution in [3.8, 4) is 0 Å². The minimum absolute atomic E-state index is 0.0627. The molecule has 0 aliphatic heterocycles. The molecular weight excluding hydrogens is 234 g/mol. The van der Waals surface area contributed by atoms with E-state index in [-0.39, 0.29) is 5.91 Å². The van der Waals surface area contributed by atoms with E-state index in [1.165, 1.54) is 5.56 Å². The van der Waals surface area contributed by atoms with Gasteiger partial charge in [0.2, 0.25) is 5.91 Å². The van der Waals surface area contributed by atoms with E-state index in [4.69, 9.17) is 0 Å². The van der Waals surface area contributed by atoms with E-state index in [0.29, 0.717) is 6.42 Å². The van der Waals surface area contributed by atoms with Gasteiger partial charge < -0.3 is 5.32 Å². The van der Waals surface area contributed by atoms with Crippen molar-refractivity contribution in [1.82, 2.24) is 0 Å². The van der Waals surface area contributed by atoms with Crippen molar-refractivity contribution in [2.45, 2.75) is 19.3 Å². The highest BCUT2D eigenvalue weighted by Crippen LogP contribution is 2.10. The molecule has 0 aliphatic rings. The van der Waals surface area contributed by atoms with Gasteiger partial charge in [-0.05, 0) is 43.0 Å². The Kier molecular flexibility index (Phi) is 4.73. The molecular formula is C17H18NO. The molecule has 0 saturated heterocycles. The van der Waals surface area contributed by atoms with Crippen molar-refractivity contribution in [1.29, 1.82) is 0 Å². The summed E-state index contributed by atoms with van der Waals surface area (Å²) in [6.07, 6.45) is 2.34. The van der Waals surface area contributed by atoms with Crippen LogP contribution in [0.4, 0.5) is 5.69 Å². The lowest BCUT2D eigenvalue weighted by Crippen LogP contribution is -2.11. The van der Waals surface area contributed by atoms with E-state index >= 15 is 0 Å². The van der Waals surface area contributed by atoms with Crippen LogP contribution in [0.2, 0.25) is 0 Å². The minimum atomic E-state index is 0.0627. The van der Waals surface area contributed by atoms with E-state index in [9.17, 15) is 4.79 Å². The topological polar surface area (TPSA) is 29.1 Å². The fourth-order valence-electron chi connectivity index (χ4n) is 1.91. The van der Waals surface area contributed by atoms with Gasteiger partial charge in [0.05, 0.1) is 0 Å². The maximum Gasteiger partial charge on any atom is 0.224 e. The highest BCUT2D eigenvalue weighted by molar-refractivity contribution is 5.90. The van der Waals surface area contributed by atoms with Gasteiger partial charge in [-0.15, -0.1) is 0 Å². The number of nitrogens with one attached hydrogen (secondary N) is 1. The Morgan fingerprint density at radius 1 is 1.00 bits per heavy atom. The average Bonchev–Trinajstić information content (AvgIpc) is 2.43. The predicted octanol–water partition coefficient (Wildman–Crippen LogP) is 3.83. The lowest BCUT2D eigenvalue weighted by molar-refractivity contribution is -0.116. The van der Waals surface area contributed by atoms with Gasteiger partial charge in [-0.3, -0.25) is 4.79 Å². The lowest BCUT2D eigenvalue weighted by atomic mass is 10.1. The predicted molar refractivity (Wildman–Crippen MR) is 78.9 cm³/mol. The molecule has 0 saturated carbocycles. The van der Waals surface area contributed by atoms with Crippen LogP contribution in [0.25, 0.3) is 0 Å². The average molecular weight is 252 g/mol. The van der Waals surface area contributed by atoms with Gasteiger partial charge in [0.15, 0.2) is 0 Å². The summed E-state index contributed by atoms with van der Waals surface area (Å²) in [4.78, 5) is 11.8. The summed E-state index contributed by atoms with van der Waals surface area (Å²) in [6.45, 7) is 3.81. The second-order valence-electron chi connectivity index (χ2n) is 4.58. The molecule has 0 heterocycles. The summed E-state index contributed by atoms with van der Waals surface area (Å²) in [5.74, 6) is 0.0627. The third-order valence-corrected chi connectivity index (χ3v) is 2.95. The van der Waals surface area contributed by atoms with E-state index in [2.05, 4.69) is 24.4 Å². The first-order valence-corrected chi connectivity index (χ1v) is 6.50. The zero-order valence-corrected chi connectivity index (χ0v) is 10.9.